The third kappa shape index (κ3) is 7.15. The lowest BCUT2D eigenvalue weighted by Crippen LogP contribution is -2.63. The fourth-order valence-electron chi connectivity index (χ4n) is 3.24. The van der Waals surface area contributed by atoms with E-state index in [1.807, 2.05) is 6.92 Å². The number of ketones is 1. The molecule has 0 N–H and O–H groups in total. The van der Waals surface area contributed by atoms with Crippen molar-refractivity contribution in [3.63, 3.8) is 0 Å². The lowest BCUT2D eigenvalue weighted by atomic mass is 9.91. The Labute approximate surface area is 189 Å². The molecular formula is C18H26F9O4S2+. The lowest BCUT2D eigenvalue weighted by molar-refractivity contribution is -0.382. The highest BCUT2D eigenvalue weighted by Gasteiger charge is 2.86. The number of Topliss-reactive ketones (excluding diaryl/α,β-unsaturated/α-hetero) is 1. The quantitative estimate of drug-likeness (QED) is 0.163. The summed E-state index contributed by atoms with van der Waals surface area (Å²) in [7, 11) is -6.98. The Bertz CT molecular complexity index is 749. The Kier molecular flexibility index (Phi) is 10.4. The van der Waals surface area contributed by atoms with E-state index in [0.717, 1.165) is 12.8 Å². The van der Waals surface area contributed by atoms with Crippen LogP contribution in [0, 0.1) is 5.92 Å². The third-order valence-corrected chi connectivity index (χ3v) is 9.00. The molecule has 0 amide bonds. The summed E-state index contributed by atoms with van der Waals surface area (Å²) in [6, 6.07) is 0. The number of carbonyl (C=O) groups is 1. The van der Waals surface area contributed by atoms with Gasteiger partial charge in [-0.2, -0.15) is 47.9 Å². The second-order valence-corrected chi connectivity index (χ2v) is 11.4. The molecule has 1 fully saturated rings. The van der Waals surface area contributed by atoms with Gasteiger partial charge in [-0.3, -0.25) is 4.79 Å². The van der Waals surface area contributed by atoms with Crippen LogP contribution < -0.4 is 0 Å². The highest BCUT2D eigenvalue weighted by molar-refractivity contribution is 8.03. The van der Waals surface area contributed by atoms with E-state index < -0.39 is 56.1 Å². The van der Waals surface area contributed by atoms with E-state index in [0.29, 0.717) is 38.5 Å². The summed E-state index contributed by atoms with van der Waals surface area (Å²) in [4.78, 5) is 12.1. The molecule has 1 aliphatic rings. The number of unbranched alkanes of at least 4 members (excludes halogenated alkanes) is 2. The van der Waals surface area contributed by atoms with Crippen molar-refractivity contribution in [2.24, 2.45) is 5.92 Å². The lowest BCUT2D eigenvalue weighted by Gasteiger charge is -2.32. The van der Waals surface area contributed by atoms with Crippen LogP contribution in [0.5, 0.6) is 0 Å². The molecule has 0 aliphatic heterocycles. The van der Waals surface area contributed by atoms with Crippen molar-refractivity contribution in [1.29, 1.82) is 0 Å². The van der Waals surface area contributed by atoms with Gasteiger partial charge in [0.15, 0.2) is 17.0 Å². The number of halogens is 9. The molecule has 0 aromatic rings. The van der Waals surface area contributed by atoms with Gasteiger partial charge in [0.1, 0.15) is 5.75 Å². The molecule has 1 aliphatic carbocycles. The van der Waals surface area contributed by atoms with Gasteiger partial charge in [0.25, 0.3) is 0 Å². The summed E-state index contributed by atoms with van der Waals surface area (Å²) in [6.07, 6.45) is -2.25. The molecule has 33 heavy (non-hydrogen) atoms. The van der Waals surface area contributed by atoms with Gasteiger partial charge in [-0.05, 0) is 22.9 Å². The summed E-state index contributed by atoms with van der Waals surface area (Å²) < 4.78 is 146. The standard InChI is InChI=1S/C18H26F9O4S2/c1-2-3-5-10-14(28)12-32(11-13-8-6-4-7-9-13)31-33(29,30)18(26,27)16(21,22)15(19,20)17(23,24)25/h13H,2-12H2,1H3/q+1. The minimum atomic E-state index is -7.36. The van der Waals surface area contributed by atoms with E-state index in [-0.39, 0.29) is 18.1 Å². The summed E-state index contributed by atoms with van der Waals surface area (Å²) >= 11 is -2.23. The Hall–Kier alpha value is -0.700. The largest absolute Gasteiger partial charge is 0.460 e. The van der Waals surface area contributed by atoms with Crippen LogP contribution in [0.15, 0.2) is 0 Å². The first kappa shape index (κ1) is 30.3. The van der Waals surface area contributed by atoms with E-state index in [4.69, 9.17) is 0 Å². The smallest absolute Gasteiger partial charge is 0.294 e. The maximum atomic E-state index is 14.0. The first-order valence-electron chi connectivity index (χ1n) is 10.2. The summed E-state index contributed by atoms with van der Waals surface area (Å²) in [5.74, 6) is -16.7. The van der Waals surface area contributed by atoms with Crippen molar-refractivity contribution < 1.29 is 56.4 Å². The number of hydrogen-bond donors (Lipinski definition) is 0. The highest BCUT2D eigenvalue weighted by Crippen LogP contribution is 2.55. The van der Waals surface area contributed by atoms with Gasteiger partial charge in [-0.25, -0.2) is 0 Å². The van der Waals surface area contributed by atoms with E-state index in [2.05, 4.69) is 3.63 Å². The average molecular weight is 542 g/mol. The van der Waals surface area contributed by atoms with Gasteiger partial charge in [0.05, 0.1) is 0 Å². The van der Waals surface area contributed by atoms with Gasteiger partial charge >= 0.3 is 33.4 Å². The molecule has 0 aromatic heterocycles. The molecule has 1 unspecified atom stereocenters. The molecule has 1 saturated carbocycles. The van der Waals surface area contributed by atoms with Crippen molar-refractivity contribution in [2.45, 2.75) is 88.0 Å². The molecule has 4 nitrogen and oxygen atoms in total. The summed E-state index contributed by atoms with van der Waals surface area (Å²) in [5.41, 5.74) is 0. The Balaban J connectivity index is 3.16. The van der Waals surface area contributed by atoms with Crippen LogP contribution in [-0.2, 0) is 29.7 Å². The predicted molar refractivity (Wildman–Crippen MR) is 104 cm³/mol. The molecule has 0 heterocycles. The van der Waals surface area contributed by atoms with Crippen molar-refractivity contribution in [1.82, 2.24) is 0 Å². The first-order chi connectivity index (χ1) is 14.9. The van der Waals surface area contributed by atoms with Gasteiger partial charge in [0, 0.05) is 12.3 Å². The first-order valence-corrected chi connectivity index (χ1v) is 13.1. The second-order valence-electron chi connectivity index (χ2n) is 7.94. The van der Waals surface area contributed by atoms with Crippen molar-refractivity contribution in [3.8, 4) is 0 Å². The maximum absolute atomic E-state index is 14.0. The van der Waals surface area contributed by atoms with Crippen LogP contribution >= 0.6 is 0 Å². The summed E-state index contributed by atoms with van der Waals surface area (Å²) in [6.45, 7) is 1.83. The van der Waals surface area contributed by atoms with Crippen LogP contribution in [0.2, 0.25) is 0 Å². The molecule has 0 radical (unpaired) electrons. The average Bonchev–Trinajstić information content (AvgIpc) is 2.67. The minimum absolute atomic E-state index is 0.0793. The van der Waals surface area contributed by atoms with Crippen LogP contribution in [0.3, 0.4) is 0 Å². The number of hydrogen-bond acceptors (Lipinski definition) is 4. The zero-order valence-corrected chi connectivity index (χ0v) is 19.3. The molecule has 1 atom stereocenters. The van der Waals surface area contributed by atoms with Crippen LogP contribution in [0.4, 0.5) is 39.5 Å². The molecule has 1 rings (SSSR count). The Morgan fingerprint density at radius 3 is 1.94 bits per heavy atom. The minimum Gasteiger partial charge on any atom is -0.294 e. The Morgan fingerprint density at radius 1 is 0.909 bits per heavy atom. The van der Waals surface area contributed by atoms with Crippen LogP contribution in [0.1, 0.15) is 64.7 Å². The highest BCUT2D eigenvalue weighted by atomic mass is 32.3. The zero-order valence-electron chi connectivity index (χ0n) is 17.7. The van der Waals surface area contributed by atoms with Gasteiger partial charge < -0.3 is 0 Å². The van der Waals surface area contributed by atoms with Crippen molar-refractivity contribution in [2.75, 3.05) is 11.5 Å². The number of carbonyl (C=O) groups excluding carboxylic acids is 1. The molecule has 0 saturated heterocycles. The topological polar surface area (TPSA) is 60.4 Å². The van der Waals surface area contributed by atoms with Crippen molar-refractivity contribution in [3.05, 3.63) is 0 Å². The van der Waals surface area contributed by atoms with Gasteiger partial charge in [0.2, 0.25) is 5.75 Å². The monoisotopic (exact) mass is 541 g/mol. The van der Waals surface area contributed by atoms with E-state index >= 15 is 0 Å². The molecule has 0 bridgehead atoms. The SMILES string of the molecule is CCCCCC(=O)C[S+](CC1CCCCC1)OS(=O)(=O)C(F)(F)C(F)(F)C(F)(F)C(F)(F)F. The molecule has 15 heteroatoms. The molecule has 0 spiro atoms. The zero-order chi connectivity index (χ0) is 25.7. The number of rotatable bonds is 13. The van der Waals surface area contributed by atoms with E-state index in [1.165, 1.54) is 0 Å². The van der Waals surface area contributed by atoms with E-state index in [9.17, 15) is 52.7 Å². The number of alkyl halides is 9. The van der Waals surface area contributed by atoms with Gasteiger partial charge in [-0.15, -0.1) is 0 Å². The van der Waals surface area contributed by atoms with Crippen molar-refractivity contribution >= 4 is 27.1 Å². The van der Waals surface area contributed by atoms with E-state index in [1.54, 1.807) is 0 Å². The summed E-state index contributed by atoms with van der Waals surface area (Å²) in [5, 5.41) is -6.91. The van der Waals surface area contributed by atoms with Crippen LogP contribution in [0.25, 0.3) is 0 Å². The Morgan fingerprint density at radius 2 is 1.45 bits per heavy atom. The molecule has 196 valence electrons. The molecule has 0 aromatic carbocycles. The van der Waals surface area contributed by atoms with Crippen LogP contribution in [-0.4, -0.2) is 49.0 Å². The fraction of sp³-hybridized carbons (Fsp3) is 0.944. The second kappa shape index (κ2) is 11.4. The predicted octanol–water partition coefficient (Wildman–Crippen LogP) is 6.02. The van der Waals surface area contributed by atoms with Gasteiger partial charge in [-0.1, -0.05) is 39.0 Å². The maximum Gasteiger partial charge on any atom is 0.460 e. The normalized spacial score (nSPS) is 18.4. The molecular weight excluding hydrogens is 515 g/mol. The third-order valence-electron chi connectivity index (χ3n) is 5.14. The fourth-order valence-corrected chi connectivity index (χ4v) is 6.93.